The predicted molar refractivity (Wildman–Crippen MR) is 94.1 cm³/mol. The number of rotatable bonds is 3. The first-order valence-electron chi connectivity index (χ1n) is 7.64. The number of hydrogen-bond donors (Lipinski definition) is 0. The molecule has 0 spiro atoms. The minimum Gasteiger partial charge on any atom is -0.304 e. The van der Waals surface area contributed by atoms with E-state index in [0.717, 1.165) is 22.4 Å². The number of nitrogens with zero attached hydrogens (tertiary/aromatic N) is 1. The summed E-state index contributed by atoms with van der Waals surface area (Å²) in [6, 6.07) is 18.1. The van der Waals surface area contributed by atoms with Gasteiger partial charge in [-0.2, -0.15) is 0 Å². The molecule has 0 unspecified atom stereocenters. The van der Waals surface area contributed by atoms with Gasteiger partial charge in [0.25, 0.3) is 5.91 Å². The monoisotopic (exact) mass is 307 g/mol. The summed E-state index contributed by atoms with van der Waals surface area (Å²) in [6.45, 7) is 7.52. The van der Waals surface area contributed by atoms with Crippen LogP contribution in [0.4, 0.5) is 0 Å². The SMILES string of the molecule is C[Si](C)(C)/C=C1/c2ccccc2C(=O)N1Cc1ccccc1. The molecule has 112 valence electrons. The summed E-state index contributed by atoms with van der Waals surface area (Å²) in [5, 5.41) is 0. The molecule has 0 aromatic heterocycles. The first-order chi connectivity index (χ1) is 10.5. The maximum absolute atomic E-state index is 12.8. The highest BCUT2D eigenvalue weighted by Gasteiger charge is 2.32. The molecule has 0 bridgehead atoms. The average molecular weight is 307 g/mol. The zero-order valence-electron chi connectivity index (χ0n) is 13.3. The van der Waals surface area contributed by atoms with Crippen molar-refractivity contribution in [3.8, 4) is 0 Å². The maximum Gasteiger partial charge on any atom is 0.259 e. The number of amides is 1. The second-order valence-electron chi connectivity index (χ2n) is 6.82. The van der Waals surface area contributed by atoms with Crippen molar-refractivity contribution >= 4 is 19.7 Å². The fourth-order valence-corrected chi connectivity index (χ4v) is 3.91. The van der Waals surface area contributed by atoms with Crippen LogP contribution in [0.3, 0.4) is 0 Å². The van der Waals surface area contributed by atoms with Crippen molar-refractivity contribution < 1.29 is 4.79 Å². The maximum atomic E-state index is 12.8. The third-order valence-corrected chi connectivity index (χ3v) is 4.86. The van der Waals surface area contributed by atoms with Crippen LogP contribution in [0, 0.1) is 0 Å². The van der Waals surface area contributed by atoms with Crippen molar-refractivity contribution in [2.75, 3.05) is 0 Å². The summed E-state index contributed by atoms with van der Waals surface area (Å²) in [5.41, 5.74) is 6.47. The molecule has 0 N–H and O–H groups in total. The second kappa shape index (κ2) is 5.58. The molecule has 1 aliphatic heterocycles. The Hall–Kier alpha value is -2.13. The van der Waals surface area contributed by atoms with E-state index in [2.05, 4.69) is 43.5 Å². The highest BCUT2D eigenvalue weighted by Crippen LogP contribution is 2.35. The van der Waals surface area contributed by atoms with Gasteiger partial charge in [-0.1, -0.05) is 73.9 Å². The topological polar surface area (TPSA) is 20.3 Å². The summed E-state index contributed by atoms with van der Waals surface area (Å²) >= 11 is 0. The van der Waals surface area contributed by atoms with Gasteiger partial charge >= 0.3 is 0 Å². The van der Waals surface area contributed by atoms with E-state index >= 15 is 0 Å². The Labute approximate surface area is 133 Å². The molecule has 2 aromatic carbocycles. The second-order valence-corrected chi connectivity index (χ2v) is 11.8. The number of carbonyl (C=O) groups excluding carboxylic acids is 1. The summed E-state index contributed by atoms with van der Waals surface area (Å²) in [5.74, 6) is 0.115. The van der Waals surface area contributed by atoms with Crippen LogP contribution >= 0.6 is 0 Å². The van der Waals surface area contributed by atoms with Crippen molar-refractivity contribution in [3.63, 3.8) is 0 Å². The van der Waals surface area contributed by atoms with Crippen molar-refractivity contribution in [3.05, 3.63) is 77.0 Å². The third-order valence-electron chi connectivity index (χ3n) is 3.72. The Morgan fingerprint density at radius 1 is 0.909 bits per heavy atom. The first kappa shape index (κ1) is 14.8. The molecule has 22 heavy (non-hydrogen) atoms. The van der Waals surface area contributed by atoms with Crippen LogP contribution in [-0.4, -0.2) is 18.9 Å². The number of hydrogen-bond acceptors (Lipinski definition) is 1. The van der Waals surface area contributed by atoms with Gasteiger partial charge in [-0.05, 0) is 11.6 Å². The molecular formula is C19H21NOSi. The molecule has 3 heteroatoms. The fourth-order valence-electron chi connectivity index (χ4n) is 2.78. The molecule has 0 saturated carbocycles. The van der Waals surface area contributed by atoms with E-state index < -0.39 is 8.07 Å². The van der Waals surface area contributed by atoms with E-state index in [1.54, 1.807) is 0 Å². The van der Waals surface area contributed by atoms with Gasteiger partial charge in [-0.15, -0.1) is 0 Å². The van der Waals surface area contributed by atoms with Gasteiger partial charge in [0.1, 0.15) is 0 Å². The molecule has 0 aliphatic carbocycles. The average Bonchev–Trinajstić information content (AvgIpc) is 2.73. The zero-order chi connectivity index (χ0) is 15.7. The molecule has 1 aliphatic rings. The van der Waals surface area contributed by atoms with Crippen LogP contribution in [0.1, 0.15) is 21.5 Å². The Morgan fingerprint density at radius 3 is 2.14 bits per heavy atom. The minimum atomic E-state index is -1.44. The molecule has 1 heterocycles. The summed E-state index contributed by atoms with van der Waals surface area (Å²) in [7, 11) is -1.44. The van der Waals surface area contributed by atoms with E-state index in [0.29, 0.717) is 6.54 Å². The lowest BCUT2D eigenvalue weighted by molar-refractivity contribution is 0.0843. The van der Waals surface area contributed by atoms with Crippen LogP contribution in [0.5, 0.6) is 0 Å². The molecule has 2 aromatic rings. The lowest BCUT2D eigenvalue weighted by Crippen LogP contribution is -2.25. The number of benzene rings is 2. The summed E-state index contributed by atoms with van der Waals surface area (Å²) in [4.78, 5) is 14.7. The molecule has 2 nitrogen and oxygen atoms in total. The van der Waals surface area contributed by atoms with E-state index in [9.17, 15) is 4.79 Å². The van der Waals surface area contributed by atoms with Gasteiger partial charge in [0.2, 0.25) is 0 Å². The fraction of sp³-hybridized carbons (Fsp3) is 0.211. The predicted octanol–water partition coefficient (Wildman–Crippen LogP) is 4.56. The van der Waals surface area contributed by atoms with E-state index in [4.69, 9.17) is 0 Å². The van der Waals surface area contributed by atoms with Crippen molar-refractivity contribution in [2.45, 2.75) is 26.2 Å². The standard InChI is InChI=1S/C19H21NOSi/c1-22(2,3)14-18-16-11-7-8-12-17(16)19(21)20(18)13-15-9-5-4-6-10-15/h4-12,14H,13H2,1-3H3/b18-14-. The van der Waals surface area contributed by atoms with E-state index in [1.807, 2.05) is 41.3 Å². The smallest absolute Gasteiger partial charge is 0.259 e. The van der Waals surface area contributed by atoms with Crippen LogP contribution in [0.2, 0.25) is 19.6 Å². The Bertz CT molecular complexity index is 729. The summed E-state index contributed by atoms with van der Waals surface area (Å²) in [6.07, 6.45) is 0. The van der Waals surface area contributed by atoms with Gasteiger partial charge in [-0.3, -0.25) is 4.79 Å². The van der Waals surface area contributed by atoms with Crippen molar-refractivity contribution in [1.82, 2.24) is 4.90 Å². The molecule has 0 atom stereocenters. The molecule has 1 amide bonds. The van der Waals surface area contributed by atoms with Crippen LogP contribution in [0.15, 0.2) is 60.3 Å². The lowest BCUT2D eigenvalue weighted by atomic mass is 10.1. The Morgan fingerprint density at radius 2 is 1.50 bits per heavy atom. The minimum absolute atomic E-state index is 0.115. The largest absolute Gasteiger partial charge is 0.304 e. The first-order valence-corrected chi connectivity index (χ1v) is 11.2. The Balaban J connectivity index is 2.05. The summed E-state index contributed by atoms with van der Waals surface area (Å²) < 4.78 is 0. The zero-order valence-corrected chi connectivity index (χ0v) is 14.3. The quantitative estimate of drug-likeness (QED) is 0.761. The van der Waals surface area contributed by atoms with Crippen molar-refractivity contribution in [1.29, 1.82) is 0 Å². The van der Waals surface area contributed by atoms with Crippen LogP contribution in [0.25, 0.3) is 5.70 Å². The van der Waals surface area contributed by atoms with Gasteiger partial charge in [-0.25, -0.2) is 0 Å². The normalized spacial score (nSPS) is 16.2. The molecule has 0 radical (unpaired) electrons. The molecule has 0 fully saturated rings. The van der Waals surface area contributed by atoms with Crippen LogP contribution < -0.4 is 0 Å². The van der Waals surface area contributed by atoms with Gasteiger partial charge in [0.05, 0.1) is 14.6 Å². The van der Waals surface area contributed by atoms with E-state index in [-0.39, 0.29) is 5.91 Å². The molecule has 0 saturated heterocycles. The van der Waals surface area contributed by atoms with Gasteiger partial charge < -0.3 is 4.90 Å². The number of carbonyl (C=O) groups is 1. The molecular weight excluding hydrogens is 286 g/mol. The molecule has 3 rings (SSSR count). The number of fused-ring (bicyclic) bond motifs is 1. The van der Waals surface area contributed by atoms with E-state index in [1.165, 1.54) is 0 Å². The van der Waals surface area contributed by atoms with Gasteiger partial charge in [0.15, 0.2) is 0 Å². The van der Waals surface area contributed by atoms with Gasteiger partial charge in [0, 0.05) is 16.8 Å². The lowest BCUT2D eigenvalue weighted by Gasteiger charge is -2.21. The van der Waals surface area contributed by atoms with Crippen LogP contribution in [-0.2, 0) is 6.54 Å². The van der Waals surface area contributed by atoms with Crippen molar-refractivity contribution in [2.24, 2.45) is 0 Å². The highest BCUT2D eigenvalue weighted by molar-refractivity contribution is 6.81. The Kier molecular flexibility index (Phi) is 3.75. The highest BCUT2D eigenvalue weighted by atomic mass is 28.3. The third kappa shape index (κ3) is 2.90.